The van der Waals surface area contributed by atoms with E-state index in [4.69, 9.17) is 19.8 Å². The molecule has 0 spiro atoms. The van der Waals surface area contributed by atoms with Gasteiger partial charge in [-0.05, 0) is 133 Å². The molecule has 0 aliphatic heterocycles. The standard InChI is InChI=1S/2C22H14N3O2S.2C11H8N.2C7H9N.2C2H4O2.2FH.4Pd/c2*26-28(27,19-10-2-6-16-7-3-13-23-21(16)19)25-18-9-1-5-15-11-12-17-8-4-14-24-22(17)20(15)18;2*1-2-6-10(7-3-1)11-8-4-5-9-12-11;2*1-6-4-3-5-7(2)8-6;2*1-2(3)4;;;;;;/h2*1-14H;2*1-6,8-9H;2*3-5H,1-2H3;2*1H3,(H,3,4);2*1H;;;;/q4*-1;;;;;;;;;2*+2/p-2. The van der Waals surface area contributed by atoms with Crippen molar-refractivity contribution in [2.45, 2.75) is 51.3 Å². The number of halogens is 2. The molecule has 572 valence electrons. The first-order valence-electron chi connectivity index (χ1n) is 32.6. The molecule has 0 amide bonds. The van der Waals surface area contributed by atoms with Crippen LogP contribution in [0.25, 0.3) is 97.1 Å². The molecule has 26 heteroatoms. The predicted molar refractivity (Wildman–Crippen MR) is 416 cm³/mol. The minimum atomic E-state index is -3.97. The van der Waals surface area contributed by atoms with Crippen molar-refractivity contribution in [2.24, 2.45) is 0 Å². The van der Waals surface area contributed by atoms with E-state index < -0.39 is 32.0 Å². The average molecular weight is 1880 g/mol. The van der Waals surface area contributed by atoms with E-state index in [2.05, 4.69) is 61.4 Å². The summed E-state index contributed by atoms with van der Waals surface area (Å²) >= 11 is 2.50. The number of carboxylic acids is 2. The molecule has 8 heterocycles. The Balaban J connectivity index is 0.000000243. The number of carbonyl (C=O) groups is 2. The Bertz CT molecular complexity index is 5330. The van der Waals surface area contributed by atoms with Crippen LogP contribution in [0.4, 0.5) is 17.8 Å². The number of aryl methyl sites for hydroxylation is 4. The van der Waals surface area contributed by atoms with Crippen LogP contribution in [0.1, 0.15) is 36.6 Å². The van der Waals surface area contributed by atoms with Gasteiger partial charge in [0.1, 0.15) is 20.0 Å². The summed E-state index contributed by atoms with van der Waals surface area (Å²) in [6.07, 6.45) is 10.1. The maximum absolute atomic E-state index is 13.2. The molecule has 0 bridgehead atoms. The van der Waals surface area contributed by atoms with Crippen LogP contribution in [0.3, 0.4) is 0 Å². The van der Waals surface area contributed by atoms with Gasteiger partial charge in [-0.2, -0.15) is 0 Å². The number of hydrogen-bond donors (Lipinski definition) is 2. The van der Waals surface area contributed by atoms with Gasteiger partial charge in [0.05, 0.1) is 31.9 Å². The summed E-state index contributed by atoms with van der Waals surface area (Å²) in [4.78, 5) is 52.4. The van der Waals surface area contributed by atoms with Crippen molar-refractivity contribution in [2.75, 3.05) is 0 Å². The Morgan fingerprint density at radius 3 is 0.909 bits per heavy atom. The van der Waals surface area contributed by atoms with Crippen LogP contribution in [0.15, 0.2) is 314 Å². The summed E-state index contributed by atoms with van der Waals surface area (Å²) in [5.41, 5.74) is 11.4. The van der Waals surface area contributed by atoms with Gasteiger partial charge in [-0.15, -0.1) is 83.2 Å². The van der Waals surface area contributed by atoms with Crippen LogP contribution in [-0.4, -0.2) is 78.9 Å². The number of hydrogen-bond acceptors (Lipinski definition) is 14. The van der Waals surface area contributed by atoms with Gasteiger partial charge in [-0.1, -0.05) is 146 Å². The van der Waals surface area contributed by atoms with E-state index in [1.165, 1.54) is 51.6 Å². The van der Waals surface area contributed by atoms with Crippen molar-refractivity contribution in [3.63, 3.8) is 0 Å². The molecular weight excluding hydrogens is 1800 g/mol. The molecule has 0 aliphatic carbocycles. The third-order valence-corrected chi connectivity index (χ3v) is 17.4. The van der Waals surface area contributed by atoms with Gasteiger partial charge in [0, 0.05) is 136 Å². The number of carboxylic acid groups (broad SMARTS) is 2. The predicted octanol–water partition coefficient (Wildman–Crippen LogP) is 20.2. The van der Waals surface area contributed by atoms with Crippen molar-refractivity contribution in [3.8, 4) is 22.5 Å². The third-order valence-electron chi connectivity index (χ3n) is 14.7. The van der Waals surface area contributed by atoms with Gasteiger partial charge >= 0.3 is 45.9 Å². The fraction of sp³-hybridized carbons (Fsp3) is 0.0714. The van der Waals surface area contributed by atoms with Crippen LogP contribution < -0.4 is 0 Å². The number of fused-ring (bicyclic) bond motifs is 8. The third kappa shape index (κ3) is 27.5. The normalized spacial score (nSPS) is 10.1. The zero-order chi connectivity index (χ0) is 77.9. The second-order valence-corrected chi connectivity index (χ2v) is 25.8. The largest absolute Gasteiger partial charge is 0.305 e. The minimum Gasteiger partial charge on any atom is -0.305 e. The van der Waals surface area contributed by atoms with E-state index >= 15 is 0 Å². The van der Waals surface area contributed by atoms with Crippen molar-refractivity contribution >= 4 is 109 Å². The Hall–Kier alpha value is -10.5. The van der Waals surface area contributed by atoms with Crippen LogP contribution in [0.2, 0.25) is 0 Å². The van der Waals surface area contributed by atoms with E-state index in [0.717, 1.165) is 113 Å². The van der Waals surface area contributed by atoms with E-state index in [1.54, 1.807) is 85.7 Å². The summed E-state index contributed by atoms with van der Waals surface area (Å²) < 4.78 is 79.7. The fourth-order valence-corrected chi connectivity index (χ4v) is 12.7. The summed E-state index contributed by atoms with van der Waals surface area (Å²) in [7, 11) is -7.93. The Kier molecular flexibility index (Phi) is 38.3. The molecule has 0 saturated carbocycles. The summed E-state index contributed by atoms with van der Waals surface area (Å²) in [6.45, 7) is 10.1. The number of sulfonamides is 2. The van der Waals surface area contributed by atoms with Crippen LogP contribution >= 0.6 is 0 Å². The van der Waals surface area contributed by atoms with Crippen molar-refractivity contribution < 1.29 is 123 Å². The molecule has 16 aromatic rings. The van der Waals surface area contributed by atoms with E-state index in [9.17, 15) is 23.3 Å². The first-order valence-corrected chi connectivity index (χ1v) is 36.7. The first kappa shape index (κ1) is 90.1. The fourth-order valence-electron chi connectivity index (χ4n) is 10.4. The van der Waals surface area contributed by atoms with Crippen molar-refractivity contribution in [1.29, 1.82) is 0 Å². The van der Waals surface area contributed by atoms with E-state index in [-0.39, 0.29) is 50.6 Å². The van der Waals surface area contributed by atoms with E-state index in [0.29, 0.717) is 22.4 Å². The zero-order valence-electron chi connectivity index (χ0n) is 59.5. The first-order chi connectivity index (χ1) is 52.2. The van der Waals surface area contributed by atoms with Crippen LogP contribution in [0, 0.1) is 39.8 Å². The van der Waals surface area contributed by atoms with Crippen LogP contribution in [-0.2, 0) is 110 Å². The Morgan fingerprint density at radius 2 is 0.609 bits per heavy atom. The molecule has 8 aromatic carbocycles. The second kappa shape index (κ2) is 46.7. The molecule has 16 rings (SSSR count). The Labute approximate surface area is 687 Å². The quantitative estimate of drug-likeness (QED) is 0.0813. The number of pyridine rings is 8. The SMILES string of the molecule is CC(=O)O.CC(=O)O.Cc1cccc(C)n1.Cc1cccc(C)n1.O=S(=O)([N-]c1cccc2ccc3cccnc3c12)c1cccc2cccnc12.O=S(=O)([N-]c1cccc2ccc3cccnc3c12)c1cccc2cccnc12.[F][Pd+].[F][Pd+].[Pd].[Pd].[c-]1ccccc1-c1ccccn1.[c-]1ccccc1-c1ccccn1. The number of nitrogens with zero attached hydrogens (tertiary/aromatic N) is 10. The minimum absolute atomic E-state index is 0. The number of para-hydroxylation sites is 2. The molecule has 0 saturated heterocycles. The molecule has 0 unspecified atom stereocenters. The number of benzene rings is 8. The number of aromatic nitrogens is 8. The average Bonchev–Trinajstić information content (AvgIpc) is 0.768. The van der Waals surface area contributed by atoms with E-state index in [1.807, 2.05) is 234 Å². The molecule has 8 aromatic heterocycles. The summed E-state index contributed by atoms with van der Waals surface area (Å²) in [5, 5.41) is 21.4. The molecule has 0 atom stereocenters. The monoisotopic (exact) mass is 1870 g/mol. The number of rotatable bonds is 8. The molecular formula is C84H70F2N10O8Pd4S2-2. The molecule has 110 heavy (non-hydrogen) atoms. The molecule has 0 radical (unpaired) electrons. The van der Waals surface area contributed by atoms with Gasteiger partial charge in [-0.25, -0.2) is 16.8 Å². The van der Waals surface area contributed by atoms with Gasteiger partial charge in [0.15, 0.2) is 0 Å². The zero-order valence-corrected chi connectivity index (χ0v) is 67.4. The van der Waals surface area contributed by atoms with Gasteiger partial charge < -0.3 is 29.6 Å². The van der Waals surface area contributed by atoms with Gasteiger partial charge in [0.2, 0.25) is 0 Å². The summed E-state index contributed by atoms with van der Waals surface area (Å²) in [5.74, 6) is -1.67. The molecule has 2 N–H and O–H groups in total. The van der Waals surface area contributed by atoms with Crippen molar-refractivity contribution in [3.05, 3.63) is 348 Å². The Morgan fingerprint density at radius 1 is 0.336 bits per heavy atom. The smallest absolute Gasteiger partial charge is 0.0160 e. The summed E-state index contributed by atoms with van der Waals surface area (Å²) in [6, 6.07) is 89.3. The number of aliphatic carboxylic acids is 2. The maximum atomic E-state index is 13.2. The van der Waals surface area contributed by atoms with Crippen LogP contribution in [0.5, 0.6) is 0 Å². The second-order valence-electron chi connectivity index (χ2n) is 22.7. The maximum Gasteiger partial charge on any atom is 0.0160 e. The molecule has 0 aliphatic rings. The molecule has 0 fully saturated rings. The topological polar surface area (TPSA) is 274 Å². The van der Waals surface area contributed by atoms with Gasteiger partial charge in [0.25, 0.3) is 11.9 Å². The van der Waals surface area contributed by atoms with Crippen molar-refractivity contribution in [1.82, 2.24) is 39.9 Å². The van der Waals surface area contributed by atoms with Gasteiger partial charge in [-0.3, -0.25) is 39.5 Å². The molecule has 18 nitrogen and oxygen atoms in total.